The smallest absolute Gasteiger partial charge is 0.343 e. The maximum Gasteiger partial charge on any atom is 0.343 e. The van der Waals surface area contributed by atoms with Crippen LogP contribution in [-0.2, 0) is 9.53 Å². The summed E-state index contributed by atoms with van der Waals surface area (Å²) in [6.45, 7) is 1.56. The number of esters is 1. The van der Waals surface area contributed by atoms with Gasteiger partial charge in [-0.2, -0.15) is 0 Å². The molecule has 0 aliphatic heterocycles. The summed E-state index contributed by atoms with van der Waals surface area (Å²) in [5.41, 5.74) is 0.720. The number of benzene rings is 1. The Morgan fingerprint density at radius 2 is 1.71 bits per heavy atom. The second-order valence-electron chi connectivity index (χ2n) is 3.07. The summed E-state index contributed by atoms with van der Waals surface area (Å²) in [6, 6.07) is 0. The molecule has 3 nitrogen and oxygen atoms in total. The Morgan fingerprint density at radius 1 is 1.24 bits per heavy atom. The van der Waals surface area contributed by atoms with Crippen LogP contribution < -0.4 is 4.74 Å². The van der Waals surface area contributed by atoms with Gasteiger partial charge in [-0.1, -0.05) is 23.2 Å². The number of hydrogen-bond acceptors (Lipinski definition) is 3. The van der Waals surface area contributed by atoms with E-state index in [1.54, 1.807) is 6.92 Å². The Labute approximate surface area is 126 Å². The van der Waals surface area contributed by atoms with Crippen molar-refractivity contribution in [1.82, 2.24) is 0 Å². The first-order valence-electron chi connectivity index (χ1n) is 4.42. The third-order valence-electron chi connectivity index (χ3n) is 2.00. The van der Waals surface area contributed by atoms with E-state index in [4.69, 9.17) is 27.9 Å². The minimum absolute atomic E-state index is 0.219. The van der Waals surface area contributed by atoms with Crippen LogP contribution in [0.2, 0.25) is 10.0 Å². The van der Waals surface area contributed by atoms with E-state index in [0.29, 0.717) is 24.7 Å². The Morgan fingerprint density at radius 3 is 2.12 bits per heavy atom. The summed E-state index contributed by atoms with van der Waals surface area (Å²) < 4.78 is 10.9. The summed E-state index contributed by atoms with van der Waals surface area (Å²) >= 11 is 18.7. The highest BCUT2D eigenvalue weighted by Crippen LogP contribution is 2.45. The molecule has 17 heavy (non-hydrogen) atoms. The predicted octanol–water partition coefficient (Wildman–Crippen LogP) is 4.38. The molecule has 0 fully saturated rings. The summed E-state index contributed by atoms with van der Waals surface area (Å²) in [6.07, 6.45) is 0. The predicted molar refractivity (Wildman–Crippen MR) is 74.1 cm³/mol. The van der Waals surface area contributed by atoms with E-state index in [0.717, 1.165) is 5.56 Å². The van der Waals surface area contributed by atoms with Gasteiger partial charge in [0.05, 0.1) is 26.1 Å². The Balaban J connectivity index is 3.12. The van der Waals surface area contributed by atoms with Crippen molar-refractivity contribution in [3.05, 3.63) is 24.6 Å². The topological polar surface area (TPSA) is 35.5 Å². The quantitative estimate of drug-likeness (QED) is 0.552. The molecule has 0 saturated carbocycles. The summed E-state index contributed by atoms with van der Waals surface area (Å²) in [5, 5.41) is 0.885. The molecule has 0 atom stereocenters. The van der Waals surface area contributed by atoms with Crippen LogP contribution >= 0.6 is 55.1 Å². The third kappa shape index (κ3) is 3.28. The van der Waals surface area contributed by atoms with E-state index in [2.05, 4.69) is 36.6 Å². The molecule has 0 spiro atoms. The maximum absolute atomic E-state index is 11.0. The lowest BCUT2D eigenvalue weighted by Gasteiger charge is -2.14. The van der Waals surface area contributed by atoms with Gasteiger partial charge in [-0.05, 0) is 44.3 Å². The van der Waals surface area contributed by atoms with E-state index in [9.17, 15) is 4.79 Å². The number of halogens is 4. The largest absolute Gasteiger partial charge is 0.479 e. The number of carbonyl (C=O) groups excluding carboxylic acids is 1. The normalized spacial score (nSPS) is 10.2. The lowest BCUT2D eigenvalue weighted by Crippen LogP contribution is -2.13. The molecule has 1 aromatic carbocycles. The molecule has 94 valence electrons. The van der Waals surface area contributed by atoms with Gasteiger partial charge in [0, 0.05) is 0 Å². The van der Waals surface area contributed by atoms with Gasteiger partial charge in [0.1, 0.15) is 0 Å². The van der Waals surface area contributed by atoms with Gasteiger partial charge in [0.15, 0.2) is 12.4 Å². The number of rotatable bonds is 3. The molecule has 0 saturated heterocycles. The van der Waals surface area contributed by atoms with Crippen molar-refractivity contribution in [3.8, 4) is 5.75 Å². The molecule has 0 heterocycles. The lowest BCUT2D eigenvalue weighted by molar-refractivity contribution is -0.142. The summed E-state index contributed by atoms with van der Waals surface area (Å²) in [4.78, 5) is 11.0. The van der Waals surface area contributed by atoms with E-state index in [1.807, 2.05) is 0 Å². The summed E-state index contributed by atoms with van der Waals surface area (Å²) in [5.74, 6) is -0.118. The van der Waals surface area contributed by atoms with Gasteiger partial charge in [-0.15, -0.1) is 0 Å². The second kappa shape index (κ2) is 6.27. The van der Waals surface area contributed by atoms with E-state index in [1.165, 1.54) is 7.11 Å². The molecule has 0 aromatic heterocycles. The van der Waals surface area contributed by atoms with Crippen LogP contribution in [0.1, 0.15) is 5.56 Å². The monoisotopic (exact) mass is 404 g/mol. The molecule has 0 bridgehead atoms. The van der Waals surface area contributed by atoms with Gasteiger partial charge in [-0.3, -0.25) is 0 Å². The summed E-state index contributed by atoms with van der Waals surface area (Å²) in [7, 11) is 1.28. The highest BCUT2D eigenvalue weighted by molar-refractivity contribution is 9.11. The SMILES string of the molecule is COC(=O)COc1c(Br)c(Cl)c(C)c(Cl)c1Br. The van der Waals surface area contributed by atoms with Gasteiger partial charge in [0.25, 0.3) is 0 Å². The zero-order chi connectivity index (χ0) is 13.2. The number of ether oxygens (including phenoxy) is 2. The van der Waals surface area contributed by atoms with Gasteiger partial charge < -0.3 is 9.47 Å². The standard InChI is InChI=1S/C10H8Br2Cl2O3/c1-4-8(13)6(11)10(7(12)9(4)14)17-3-5(15)16-2/h3H2,1-2H3. The molecular formula is C10H8Br2Cl2O3. The Hall–Kier alpha value is 0.0300. The fourth-order valence-electron chi connectivity index (χ4n) is 1.04. The molecule has 0 N–H and O–H groups in total. The van der Waals surface area contributed by atoms with Crippen LogP contribution in [0.15, 0.2) is 8.95 Å². The first-order chi connectivity index (χ1) is 7.90. The number of carbonyl (C=O) groups is 1. The molecule has 7 heteroatoms. The van der Waals surface area contributed by atoms with Crippen LogP contribution in [0, 0.1) is 6.92 Å². The molecule has 0 aliphatic rings. The van der Waals surface area contributed by atoms with Crippen molar-refractivity contribution in [3.63, 3.8) is 0 Å². The first-order valence-corrected chi connectivity index (χ1v) is 6.76. The third-order valence-corrected chi connectivity index (χ3v) is 4.92. The van der Waals surface area contributed by atoms with Crippen LogP contribution in [0.25, 0.3) is 0 Å². The van der Waals surface area contributed by atoms with Crippen LogP contribution in [0.4, 0.5) is 0 Å². The maximum atomic E-state index is 11.0. The number of methoxy groups -OCH3 is 1. The van der Waals surface area contributed by atoms with Gasteiger partial charge in [-0.25, -0.2) is 4.79 Å². The molecule has 1 aromatic rings. The minimum Gasteiger partial charge on any atom is -0.479 e. The Bertz CT molecular complexity index is 434. The Kier molecular flexibility index (Phi) is 5.57. The molecule has 0 aliphatic carbocycles. The van der Waals surface area contributed by atoms with Gasteiger partial charge in [0.2, 0.25) is 0 Å². The first kappa shape index (κ1) is 15.1. The fourth-order valence-corrected chi connectivity index (χ4v) is 2.93. The average molecular weight is 407 g/mol. The zero-order valence-electron chi connectivity index (χ0n) is 8.94. The van der Waals surface area contributed by atoms with Crippen molar-refractivity contribution < 1.29 is 14.3 Å². The minimum atomic E-state index is -0.489. The highest BCUT2D eigenvalue weighted by atomic mass is 79.9. The molecule has 0 amide bonds. The van der Waals surface area contributed by atoms with Crippen LogP contribution in [0.5, 0.6) is 5.75 Å². The van der Waals surface area contributed by atoms with Crippen molar-refractivity contribution >= 4 is 61.0 Å². The van der Waals surface area contributed by atoms with Crippen molar-refractivity contribution in [1.29, 1.82) is 0 Å². The molecular weight excluding hydrogens is 399 g/mol. The van der Waals surface area contributed by atoms with E-state index < -0.39 is 5.97 Å². The number of hydrogen-bond donors (Lipinski definition) is 0. The van der Waals surface area contributed by atoms with Crippen molar-refractivity contribution in [2.75, 3.05) is 13.7 Å². The van der Waals surface area contributed by atoms with Crippen molar-refractivity contribution in [2.45, 2.75) is 6.92 Å². The second-order valence-corrected chi connectivity index (χ2v) is 5.42. The van der Waals surface area contributed by atoms with E-state index >= 15 is 0 Å². The molecule has 0 radical (unpaired) electrons. The molecule has 1 rings (SSSR count). The zero-order valence-corrected chi connectivity index (χ0v) is 13.6. The van der Waals surface area contributed by atoms with Crippen molar-refractivity contribution in [2.24, 2.45) is 0 Å². The van der Waals surface area contributed by atoms with E-state index in [-0.39, 0.29) is 6.61 Å². The lowest BCUT2D eigenvalue weighted by atomic mass is 10.2. The van der Waals surface area contributed by atoms with Crippen LogP contribution in [0.3, 0.4) is 0 Å². The van der Waals surface area contributed by atoms with Gasteiger partial charge >= 0.3 is 5.97 Å². The average Bonchev–Trinajstić information content (AvgIpc) is 2.33. The molecule has 0 unspecified atom stereocenters. The fraction of sp³-hybridized carbons (Fsp3) is 0.300. The highest BCUT2D eigenvalue weighted by Gasteiger charge is 2.19. The van der Waals surface area contributed by atoms with Crippen LogP contribution in [-0.4, -0.2) is 19.7 Å².